The summed E-state index contributed by atoms with van der Waals surface area (Å²) in [6.45, 7) is 0. The Hall–Kier alpha value is -2.78. The van der Waals surface area contributed by atoms with Crippen molar-refractivity contribution in [3.05, 3.63) is 100 Å². The summed E-state index contributed by atoms with van der Waals surface area (Å²) < 4.78 is 68.4. The number of rotatable bonds is 4. The summed E-state index contributed by atoms with van der Waals surface area (Å²) >= 11 is 3.64. The third-order valence-corrected chi connectivity index (χ3v) is 8.43. The summed E-state index contributed by atoms with van der Waals surface area (Å²) in [5.74, 6) is 0.234. The molecule has 2 aliphatic rings. The van der Waals surface area contributed by atoms with Crippen LogP contribution >= 0.6 is 15.9 Å². The Labute approximate surface area is 204 Å². The van der Waals surface area contributed by atoms with E-state index in [1.54, 1.807) is 12.1 Å². The molecular weight excluding hydrogens is 529 g/mol. The van der Waals surface area contributed by atoms with Crippen molar-refractivity contribution in [3.63, 3.8) is 0 Å². The quantitative estimate of drug-likeness (QED) is 0.342. The lowest BCUT2D eigenvalue weighted by Gasteiger charge is -2.38. The van der Waals surface area contributed by atoms with E-state index in [-0.39, 0.29) is 28.5 Å². The minimum Gasteiger partial charge on any atom is -0.378 e. The molecule has 2 N–H and O–H groups in total. The van der Waals surface area contributed by atoms with Crippen LogP contribution in [-0.2, 0) is 16.2 Å². The topological polar surface area (TPSA) is 58.2 Å². The second-order valence-electron chi connectivity index (χ2n) is 8.43. The molecular formula is C25H20BrF3N2O2S. The minimum absolute atomic E-state index is 0.00357. The van der Waals surface area contributed by atoms with Gasteiger partial charge >= 0.3 is 6.18 Å². The number of hydrogen-bond acceptors (Lipinski definition) is 3. The predicted molar refractivity (Wildman–Crippen MR) is 129 cm³/mol. The molecule has 34 heavy (non-hydrogen) atoms. The molecule has 0 amide bonds. The van der Waals surface area contributed by atoms with Crippen LogP contribution < -0.4 is 10.0 Å². The summed E-state index contributed by atoms with van der Waals surface area (Å²) in [7, 11) is -4.09. The molecule has 0 unspecified atom stereocenters. The first-order valence-corrected chi connectivity index (χ1v) is 12.9. The van der Waals surface area contributed by atoms with Crippen LogP contribution in [0.15, 0.2) is 88.3 Å². The summed E-state index contributed by atoms with van der Waals surface area (Å²) in [6.07, 6.45) is 0.498. The largest absolute Gasteiger partial charge is 0.416 e. The second-order valence-corrected chi connectivity index (χ2v) is 11.0. The van der Waals surface area contributed by atoms with Crippen molar-refractivity contribution in [1.82, 2.24) is 0 Å². The molecule has 9 heteroatoms. The number of allylic oxidation sites excluding steroid dienone is 2. The van der Waals surface area contributed by atoms with Gasteiger partial charge < -0.3 is 5.32 Å². The zero-order valence-corrected chi connectivity index (χ0v) is 20.1. The molecule has 3 aromatic rings. The first-order chi connectivity index (χ1) is 16.1. The third kappa shape index (κ3) is 4.22. The fraction of sp³-hybridized carbons (Fsp3) is 0.200. The Morgan fingerprint density at radius 3 is 2.53 bits per heavy atom. The summed E-state index contributed by atoms with van der Waals surface area (Å²) in [6, 6.07) is 17.0. The van der Waals surface area contributed by atoms with Crippen molar-refractivity contribution in [2.45, 2.75) is 29.5 Å². The van der Waals surface area contributed by atoms with Gasteiger partial charge in [-0.1, -0.05) is 52.3 Å². The van der Waals surface area contributed by atoms with Gasteiger partial charge in [0.2, 0.25) is 0 Å². The molecule has 5 rings (SSSR count). The standard InChI is InChI=1S/C25H20BrF3N2O2S/c26-22-10-2-1-7-20(22)24-19-9-4-8-18(19)21-14-17(11-12-23(21)30-24)34(32,33)31-16-6-3-5-15(13-16)25(27,28)29/h1-8,10-14,18-19,24,30-31H,9H2/t18-,19+,24+/m0/s1. The zero-order chi connectivity index (χ0) is 24.1. The van der Waals surface area contributed by atoms with Crippen LogP contribution in [-0.4, -0.2) is 8.42 Å². The Balaban J connectivity index is 1.47. The fourth-order valence-corrected chi connectivity index (χ4v) is 6.36. The molecule has 1 heterocycles. The Bertz CT molecular complexity index is 1390. The van der Waals surface area contributed by atoms with Crippen molar-refractivity contribution < 1.29 is 21.6 Å². The molecule has 0 saturated carbocycles. The molecule has 1 aliphatic carbocycles. The van der Waals surface area contributed by atoms with Gasteiger partial charge in [0.1, 0.15) is 0 Å². The van der Waals surface area contributed by atoms with Gasteiger partial charge in [0.25, 0.3) is 10.0 Å². The van der Waals surface area contributed by atoms with Crippen LogP contribution in [0.5, 0.6) is 0 Å². The van der Waals surface area contributed by atoms with Crippen LogP contribution in [0.4, 0.5) is 24.5 Å². The number of hydrogen-bond donors (Lipinski definition) is 2. The predicted octanol–water partition coefficient (Wildman–Crippen LogP) is 7.10. The molecule has 3 aromatic carbocycles. The van der Waals surface area contributed by atoms with E-state index in [1.807, 2.05) is 18.2 Å². The van der Waals surface area contributed by atoms with Crippen molar-refractivity contribution >= 4 is 37.3 Å². The number of anilines is 2. The lowest BCUT2D eigenvalue weighted by Crippen LogP contribution is -2.29. The van der Waals surface area contributed by atoms with Crippen molar-refractivity contribution in [2.75, 3.05) is 10.0 Å². The van der Waals surface area contributed by atoms with Gasteiger partial charge in [-0.25, -0.2) is 8.42 Å². The average Bonchev–Trinajstić information content (AvgIpc) is 3.28. The maximum Gasteiger partial charge on any atom is 0.416 e. The molecule has 176 valence electrons. The molecule has 0 fully saturated rings. The highest BCUT2D eigenvalue weighted by molar-refractivity contribution is 9.10. The van der Waals surface area contributed by atoms with Crippen molar-refractivity contribution in [3.8, 4) is 0 Å². The molecule has 1 aliphatic heterocycles. The van der Waals surface area contributed by atoms with Gasteiger partial charge in [0.05, 0.1) is 16.5 Å². The van der Waals surface area contributed by atoms with E-state index >= 15 is 0 Å². The minimum atomic E-state index is -4.56. The maximum atomic E-state index is 13.0. The van der Waals surface area contributed by atoms with Crippen LogP contribution in [0.1, 0.15) is 35.1 Å². The van der Waals surface area contributed by atoms with E-state index in [0.717, 1.165) is 39.8 Å². The summed E-state index contributed by atoms with van der Waals surface area (Å²) in [5.41, 5.74) is 1.77. The monoisotopic (exact) mass is 548 g/mol. The number of fused-ring (bicyclic) bond motifs is 3. The lowest BCUT2D eigenvalue weighted by molar-refractivity contribution is -0.137. The van der Waals surface area contributed by atoms with Crippen LogP contribution in [0.3, 0.4) is 0 Å². The number of alkyl halides is 3. The summed E-state index contributed by atoms with van der Waals surface area (Å²) in [5, 5.41) is 3.57. The van der Waals surface area contributed by atoms with Gasteiger partial charge in [-0.2, -0.15) is 13.2 Å². The number of sulfonamides is 1. The van der Waals surface area contributed by atoms with Crippen LogP contribution in [0.25, 0.3) is 0 Å². The van der Waals surface area contributed by atoms with E-state index in [9.17, 15) is 21.6 Å². The van der Waals surface area contributed by atoms with Gasteiger partial charge in [-0.3, -0.25) is 4.72 Å². The molecule has 0 spiro atoms. The second kappa shape index (κ2) is 8.46. The molecule has 0 radical (unpaired) electrons. The third-order valence-electron chi connectivity index (χ3n) is 6.33. The van der Waals surface area contributed by atoms with Gasteiger partial charge in [-0.15, -0.1) is 0 Å². The van der Waals surface area contributed by atoms with Crippen molar-refractivity contribution in [2.24, 2.45) is 5.92 Å². The normalized spacial score (nSPS) is 21.5. The average molecular weight is 549 g/mol. The van der Waals surface area contributed by atoms with E-state index in [4.69, 9.17) is 0 Å². The first kappa shape index (κ1) is 23.0. The highest BCUT2D eigenvalue weighted by atomic mass is 79.9. The number of benzene rings is 3. The Kier molecular flexibility index (Phi) is 5.72. The van der Waals surface area contributed by atoms with Gasteiger partial charge in [0.15, 0.2) is 0 Å². The van der Waals surface area contributed by atoms with E-state index in [1.165, 1.54) is 18.2 Å². The van der Waals surface area contributed by atoms with E-state index in [0.29, 0.717) is 0 Å². The summed E-state index contributed by atoms with van der Waals surface area (Å²) in [4.78, 5) is 0.00357. The highest BCUT2D eigenvalue weighted by Gasteiger charge is 2.39. The lowest BCUT2D eigenvalue weighted by atomic mass is 9.77. The van der Waals surface area contributed by atoms with Crippen molar-refractivity contribution in [1.29, 1.82) is 0 Å². The molecule has 0 bridgehead atoms. The molecule has 0 saturated heterocycles. The Morgan fingerprint density at radius 2 is 1.76 bits per heavy atom. The van der Waals surface area contributed by atoms with Gasteiger partial charge in [0, 0.05) is 21.8 Å². The molecule has 4 nitrogen and oxygen atoms in total. The van der Waals surface area contributed by atoms with Gasteiger partial charge in [-0.05, 0) is 65.9 Å². The highest BCUT2D eigenvalue weighted by Crippen LogP contribution is 2.51. The number of halogens is 4. The van der Waals surface area contributed by atoms with E-state index < -0.39 is 21.8 Å². The SMILES string of the molecule is O=S(=O)(Nc1cccc(C(F)(F)F)c1)c1ccc2c(c1)[C@H]1C=CC[C@H]1[C@H](c1ccccc1Br)N2. The zero-order valence-electron chi connectivity index (χ0n) is 17.7. The molecule has 3 atom stereocenters. The number of nitrogens with one attached hydrogen (secondary N) is 2. The maximum absolute atomic E-state index is 13.0. The van der Waals surface area contributed by atoms with Crippen LogP contribution in [0, 0.1) is 5.92 Å². The molecule has 0 aromatic heterocycles. The first-order valence-electron chi connectivity index (χ1n) is 10.7. The smallest absolute Gasteiger partial charge is 0.378 e. The Morgan fingerprint density at radius 1 is 0.971 bits per heavy atom. The van der Waals surface area contributed by atoms with Crippen LogP contribution in [0.2, 0.25) is 0 Å². The fourth-order valence-electron chi connectivity index (χ4n) is 4.75. The van der Waals surface area contributed by atoms with E-state index in [2.05, 4.69) is 44.2 Å².